The summed E-state index contributed by atoms with van der Waals surface area (Å²) < 4.78 is 0. The molecule has 22 heavy (non-hydrogen) atoms. The normalized spacial score (nSPS) is 20.4. The summed E-state index contributed by atoms with van der Waals surface area (Å²) in [6, 6.07) is 0. The maximum atomic E-state index is 11.7. The largest absolute Gasteiger partial charge is 0.308 e. The molecule has 122 valence electrons. The Bertz CT molecular complexity index is 517. The zero-order valence-electron chi connectivity index (χ0n) is 11.5. The van der Waals surface area contributed by atoms with Gasteiger partial charge in [-0.1, -0.05) is 0 Å². The number of hydrogen-bond donors (Lipinski definition) is 0. The smallest absolute Gasteiger partial charge is 0.221 e. The Morgan fingerprint density at radius 1 is 0.864 bits per heavy atom. The average molecular weight is 319 g/mol. The summed E-state index contributed by atoms with van der Waals surface area (Å²) in [4.78, 5) is 45.7. The van der Waals surface area contributed by atoms with Crippen molar-refractivity contribution in [3.63, 3.8) is 0 Å². The molecule has 0 atom stereocenters. The van der Waals surface area contributed by atoms with Crippen LogP contribution in [0.5, 0.6) is 0 Å². The minimum absolute atomic E-state index is 0.325. The summed E-state index contributed by atoms with van der Waals surface area (Å²) in [5.41, 5.74) is -1.39. The number of nitrogens with zero attached hydrogens (tertiary/aromatic N) is 7. The molecule has 2 aliphatic rings. The predicted octanol–water partition coefficient (Wildman–Crippen LogP) is -2.00. The molecular formula is C8H13N7O7. The highest BCUT2D eigenvalue weighted by Gasteiger charge is 2.58. The molecule has 0 unspecified atom stereocenters. The molecule has 2 heterocycles. The van der Waals surface area contributed by atoms with Gasteiger partial charge < -0.3 is 4.90 Å². The zero-order chi connectivity index (χ0) is 16.7. The summed E-state index contributed by atoms with van der Waals surface area (Å²) in [7, 11) is 0. The van der Waals surface area contributed by atoms with Crippen molar-refractivity contribution in [3.8, 4) is 0 Å². The fraction of sp³-hybridized carbons (Fsp3) is 0.875. The molecule has 0 aliphatic carbocycles. The van der Waals surface area contributed by atoms with Crippen LogP contribution in [0.1, 0.15) is 6.92 Å². The van der Waals surface area contributed by atoms with Crippen molar-refractivity contribution in [2.45, 2.75) is 12.5 Å². The van der Waals surface area contributed by atoms with Crippen LogP contribution in [0.15, 0.2) is 0 Å². The third kappa shape index (κ3) is 2.49. The molecule has 14 heteroatoms. The Morgan fingerprint density at radius 3 is 1.55 bits per heavy atom. The summed E-state index contributed by atoms with van der Waals surface area (Å²) in [5.74, 6) is -0.544. The van der Waals surface area contributed by atoms with E-state index in [1.54, 1.807) is 0 Å². The molecule has 1 spiro atoms. The number of nitro groups is 3. The number of carbonyl (C=O) groups is 1. The average Bonchev–Trinajstić information content (AvgIpc) is 2.77. The topological polar surface area (TPSA) is 159 Å². The van der Waals surface area contributed by atoms with Crippen LogP contribution in [0.2, 0.25) is 0 Å². The van der Waals surface area contributed by atoms with Crippen molar-refractivity contribution < 1.29 is 19.9 Å². The first-order chi connectivity index (χ1) is 10.2. The van der Waals surface area contributed by atoms with Gasteiger partial charge in [-0.05, 0) is 0 Å². The van der Waals surface area contributed by atoms with Crippen LogP contribution in [0.3, 0.4) is 0 Å². The van der Waals surface area contributed by atoms with Crippen LogP contribution < -0.4 is 0 Å². The lowest BCUT2D eigenvalue weighted by Crippen LogP contribution is -2.68. The van der Waals surface area contributed by atoms with Gasteiger partial charge in [-0.25, -0.2) is 30.3 Å². The third-order valence-electron chi connectivity index (χ3n) is 3.71. The van der Waals surface area contributed by atoms with Gasteiger partial charge in [0.25, 0.3) is 0 Å². The molecule has 0 aromatic heterocycles. The van der Waals surface area contributed by atoms with Crippen molar-refractivity contribution in [1.29, 1.82) is 0 Å². The number of carbonyl (C=O) groups excluding carboxylic acids is 1. The summed E-state index contributed by atoms with van der Waals surface area (Å²) >= 11 is 0. The minimum Gasteiger partial charge on any atom is -0.308 e. The molecule has 0 aromatic rings. The molecule has 2 aliphatic heterocycles. The molecular weight excluding hydrogens is 306 g/mol. The van der Waals surface area contributed by atoms with E-state index in [1.807, 2.05) is 0 Å². The molecule has 1 amide bonds. The van der Waals surface area contributed by atoms with Crippen LogP contribution in [-0.4, -0.2) is 79.4 Å². The zero-order valence-corrected chi connectivity index (χ0v) is 11.5. The lowest BCUT2D eigenvalue weighted by molar-refractivity contribution is -0.723. The first-order valence-corrected chi connectivity index (χ1v) is 6.12. The van der Waals surface area contributed by atoms with E-state index >= 15 is 0 Å². The van der Waals surface area contributed by atoms with Crippen molar-refractivity contribution in [2.24, 2.45) is 0 Å². The van der Waals surface area contributed by atoms with Crippen molar-refractivity contribution in [1.82, 2.24) is 19.9 Å². The first-order valence-electron chi connectivity index (χ1n) is 6.12. The van der Waals surface area contributed by atoms with Gasteiger partial charge in [-0.2, -0.15) is 0 Å². The van der Waals surface area contributed by atoms with Gasteiger partial charge in [0.2, 0.25) is 12.6 Å². The second-order valence-electron chi connectivity index (χ2n) is 5.16. The van der Waals surface area contributed by atoms with E-state index in [4.69, 9.17) is 0 Å². The highest BCUT2D eigenvalue weighted by atomic mass is 16.7. The number of amides is 1. The van der Waals surface area contributed by atoms with Crippen LogP contribution in [-0.2, 0) is 4.79 Å². The molecule has 0 bridgehead atoms. The van der Waals surface area contributed by atoms with Crippen LogP contribution in [0.25, 0.3) is 0 Å². The predicted molar refractivity (Wildman–Crippen MR) is 66.1 cm³/mol. The van der Waals surface area contributed by atoms with E-state index in [1.165, 1.54) is 0 Å². The standard InChI is InChI=1S/C8H13N7O7/c1-7(16)12-6-11(15(21)22)4-8(12)2-9(13(17)18)5-10(3-8)14(19)20/h2-6H2,1H3. The molecule has 0 saturated carbocycles. The lowest BCUT2D eigenvalue weighted by atomic mass is 9.96. The monoisotopic (exact) mass is 319 g/mol. The quantitative estimate of drug-likeness (QED) is 0.420. The number of hydrazine groups is 3. The van der Waals surface area contributed by atoms with Crippen LogP contribution >= 0.6 is 0 Å². The Hall–Kier alpha value is -2.93. The maximum absolute atomic E-state index is 11.7. The van der Waals surface area contributed by atoms with Crippen LogP contribution in [0, 0.1) is 30.3 Å². The molecule has 0 aromatic carbocycles. The van der Waals surface area contributed by atoms with Crippen LogP contribution in [0.4, 0.5) is 0 Å². The van der Waals surface area contributed by atoms with Gasteiger partial charge in [-0.15, -0.1) is 15.0 Å². The highest BCUT2D eigenvalue weighted by molar-refractivity contribution is 5.74. The number of rotatable bonds is 3. The Balaban J connectivity index is 2.38. The van der Waals surface area contributed by atoms with E-state index < -0.39 is 33.2 Å². The van der Waals surface area contributed by atoms with E-state index in [9.17, 15) is 35.1 Å². The van der Waals surface area contributed by atoms with Gasteiger partial charge in [0, 0.05) is 6.92 Å². The lowest BCUT2D eigenvalue weighted by Gasteiger charge is -2.41. The van der Waals surface area contributed by atoms with Gasteiger partial charge in [0.05, 0.1) is 0 Å². The molecule has 14 nitrogen and oxygen atoms in total. The second kappa shape index (κ2) is 5.12. The van der Waals surface area contributed by atoms with Crippen molar-refractivity contribution >= 4 is 5.91 Å². The maximum Gasteiger partial charge on any atom is 0.221 e. The minimum atomic E-state index is -1.39. The second-order valence-corrected chi connectivity index (χ2v) is 5.16. The highest BCUT2D eigenvalue weighted by Crippen LogP contribution is 2.30. The molecule has 0 radical (unpaired) electrons. The number of hydrogen-bond acceptors (Lipinski definition) is 7. The molecule has 2 rings (SSSR count). The van der Waals surface area contributed by atoms with E-state index in [0.29, 0.717) is 15.0 Å². The Kier molecular flexibility index (Phi) is 3.60. The molecule has 0 N–H and O–H groups in total. The summed E-state index contributed by atoms with van der Waals surface area (Å²) in [6.07, 6.45) is 0. The first kappa shape index (κ1) is 15.5. The Morgan fingerprint density at radius 2 is 1.23 bits per heavy atom. The van der Waals surface area contributed by atoms with E-state index in [0.717, 1.165) is 11.8 Å². The molecule has 2 saturated heterocycles. The molecule has 2 fully saturated rings. The van der Waals surface area contributed by atoms with Gasteiger partial charge in [-0.3, -0.25) is 4.79 Å². The van der Waals surface area contributed by atoms with Crippen molar-refractivity contribution in [2.75, 3.05) is 33.0 Å². The SMILES string of the molecule is CC(=O)N1CN([N+](=O)[O-])CC12CN([N+](=O)[O-])CN([N+](=O)[O-])C2. The summed E-state index contributed by atoms with van der Waals surface area (Å²) in [6.45, 7) is -0.755. The van der Waals surface area contributed by atoms with E-state index in [-0.39, 0.29) is 26.3 Å². The van der Waals surface area contributed by atoms with Gasteiger partial charge in [0.1, 0.15) is 25.2 Å². The fourth-order valence-electron chi connectivity index (χ4n) is 2.84. The van der Waals surface area contributed by atoms with E-state index in [2.05, 4.69) is 0 Å². The van der Waals surface area contributed by atoms with Gasteiger partial charge in [0.15, 0.2) is 21.8 Å². The Labute approximate surface area is 122 Å². The van der Waals surface area contributed by atoms with Crippen molar-refractivity contribution in [3.05, 3.63) is 30.3 Å². The third-order valence-corrected chi connectivity index (χ3v) is 3.71. The summed E-state index contributed by atoms with van der Waals surface area (Å²) in [5, 5.41) is 32.4. The fourth-order valence-corrected chi connectivity index (χ4v) is 2.84. The van der Waals surface area contributed by atoms with Gasteiger partial charge >= 0.3 is 0 Å².